The lowest BCUT2D eigenvalue weighted by Gasteiger charge is -2.04. The Balaban J connectivity index is 2.27. The van der Waals surface area contributed by atoms with Crippen molar-refractivity contribution in [2.75, 3.05) is 6.54 Å². The summed E-state index contributed by atoms with van der Waals surface area (Å²) in [5.74, 6) is 1.10. The number of H-pyrrole nitrogens is 1. The van der Waals surface area contributed by atoms with Gasteiger partial charge < -0.3 is 14.7 Å². The van der Waals surface area contributed by atoms with E-state index in [1.54, 1.807) is 6.26 Å². The lowest BCUT2D eigenvalue weighted by Crippen LogP contribution is -2.18. The van der Waals surface area contributed by atoms with Crippen molar-refractivity contribution in [3.8, 4) is 11.6 Å². The summed E-state index contributed by atoms with van der Waals surface area (Å²) in [5.41, 5.74) is 1.51. The summed E-state index contributed by atoms with van der Waals surface area (Å²) in [6.45, 7) is 5.50. The topological polar surface area (TPSA) is 70.9 Å². The van der Waals surface area contributed by atoms with Crippen LogP contribution in [0.25, 0.3) is 11.6 Å². The Labute approximate surface area is 105 Å². The first-order valence-electron chi connectivity index (χ1n) is 6.06. The third kappa shape index (κ3) is 2.87. The number of aryl methyl sites for hydroxylation is 1. The SMILES string of the molecule is CCCNCc1cc(=O)[nH]c(-c2occc2C)n1. The van der Waals surface area contributed by atoms with Crippen LogP contribution < -0.4 is 10.9 Å². The summed E-state index contributed by atoms with van der Waals surface area (Å²) in [6.07, 6.45) is 2.64. The average Bonchev–Trinajstić information content (AvgIpc) is 2.75. The van der Waals surface area contributed by atoms with Crippen LogP contribution in [0, 0.1) is 6.92 Å². The van der Waals surface area contributed by atoms with Gasteiger partial charge in [-0.15, -0.1) is 0 Å². The van der Waals surface area contributed by atoms with Crippen molar-refractivity contribution >= 4 is 0 Å². The van der Waals surface area contributed by atoms with Gasteiger partial charge in [0.05, 0.1) is 12.0 Å². The van der Waals surface area contributed by atoms with Gasteiger partial charge in [0.1, 0.15) is 0 Å². The second-order valence-electron chi connectivity index (χ2n) is 4.19. The van der Waals surface area contributed by atoms with Gasteiger partial charge in [0, 0.05) is 12.6 Å². The Morgan fingerprint density at radius 2 is 2.33 bits per heavy atom. The van der Waals surface area contributed by atoms with Crippen molar-refractivity contribution in [2.45, 2.75) is 26.8 Å². The molecule has 0 aliphatic carbocycles. The zero-order valence-electron chi connectivity index (χ0n) is 10.6. The fourth-order valence-corrected chi connectivity index (χ4v) is 1.71. The van der Waals surface area contributed by atoms with Gasteiger partial charge in [-0.25, -0.2) is 4.98 Å². The maximum atomic E-state index is 11.6. The van der Waals surface area contributed by atoms with Crippen LogP contribution in [0.4, 0.5) is 0 Å². The number of aromatic amines is 1. The molecule has 5 heteroatoms. The molecule has 2 aromatic rings. The van der Waals surface area contributed by atoms with Crippen molar-refractivity contribution in [1.29, 1.82) is 0 Å². The zero-order valence-corrected chi connectivity index (χ0v) is 10.6. The summed E-state index contributed by atoms with van der Waals surface area (Å²) >= 11 is 0. The van der Waals surface area contributed by atoms with Crippen LogP contribution in [0.1, 0.15) is 24.6 Å². The standard InChI is InChI=1S/C13H17N3O2/c1-3-5-14-8-10-7-11(17)16-13(15-10)12-9(2)4-6-18-12/h4,6-7,14H,3,5,8H2,1-2H3,(H,15,16,17). The van der Waals surface area contributed by atoms with E-state index < -0.39 is 0 Å². The van der Waals surface area contributed by atoms with Crippen molar-refractivity contribution in [3.05, 3.63) is 40.0 Å². The normalized spacial score (nSPS) is 10.8. The first-order valence-corrected chi connectivity index (χ1v) is 6.06. The molecule has 2 heterocycles. The van der Waals surface area contributed by atoms with Gasteiger partial charge in [0.25, 0.3) is 5.56 Å². The van der Waals surface area contributed by atoms with Gasteiger partial charge >= 0.3 is 0 Å². The van der Waals surface area contributed by atoms with E-state index in [1.807, 2.05) is 13.0 Å². The molecule has 0 aliphatic rings. The van der Waals surface area contributed by atoms with Gasteiger partial charge in [-0.3, -0.25) is 4.79 Å². The van der Waals surface area contributed by atoms with Gasteiger partial charge in [-0.2, -0.15) is 0 Å². The molecule has 0 aliphatic heterocycles. The summed E-state index contributed by atoms with van der Waals surface area (Å²) in [4.78, 5) is 18.7. The lowest BCUT2D eigenvalue weighted by atomic mass is 10.2. The Hall–Kier alpha value is -1.88. The highest BCUT2D eigenvalue weighted by Gasteiger charge is 2.09. The lowest BCUT2D eigenvalue weighted by molar-refractivity contribution is 0.573. The first kappa shape index (κ1) is 12.6. The van der Waals surface area contributed by atoms with Crippen LogP contribution >= 0.6 is 0 Å². The monoisotopic (exact) mass is 247 g/mol. The van der Waals surface area contributed by atoms with Crippen molar-refractivity contribution in [1.82, 2.24) is 15.3 Å². The summed E-state index contributed by atoms with van der Waals surface area (Å²) in [7, 11) is 0. The van der Waals surface area contributed by atoms with Gasteiger partial charge in [0.15, 0.2) is 11.6 Å². The Bertz CT molecular complexity index is 572. The summed E-state index contributed by atoms with van der Waals surface area (Å²) < 4.78 is 5.33. The highest BCUT2D eigenvalue weighted by molar-refractivity contribution is 5.51. The van der Waals surface area contributed by atoms with E-state index in [-0.39, 0.29) is 5.56 Å². The van der Waals surface area contributed by atoms with E-state index >= 15 is 0 Å². The van der Waals surface area contributed by atoms with Crippen molar-refractivity contribution < 1.29 is 4.42 Å². The molecule has 0 spiro atoms. The molecule has 0 unspecified atom stereocenters. The van der Waals surface area contributed by atoms with Gasteiger partial charge in [0.2, 0.25) is 0 Å². The smallest absolute Gasteiger partial charge is 0.251 e. The number of hydrogen-bond acceptors (Lipinski definition) is 4. The van der Waals surface area contributed by atoms with Crippen molar-refractivity contribution in [3.63, 3.8) is 0 Å². The molecule has 0 saturated heterocycles. The average molecular weight is 247 g/mol. The minimum atomic E-state index is -0.163. The quantitative estimate of drug-likeness (QED) is 0.791. The van der Waals surface area contributed by atoms with Crippen molar-refractivity contribution in [2.24, 2.45) is 0 Å². The molecule has 0 aromatic carbocycles. The number of nitrogens with one attached hydrogen (secondary N) is 2. The molecule has 18 heavy (non-hydrogen) atoms. The molecular formula is C13H17N3O2. The maximum Gasteiger partial charge on any atom is 0.251 e. The number of hydrogen-bond donors (Lipinski definition) is 2. The third-order valence-electron chi connectivity index (χ3n) is 2.60. The fourth-order valence-electron chi connectivity index (χ4n) is 1.71. The largest absolute Gasteiger partial charge is 0.461 e. The second kappa shape index (κ2) is 5.64. The van der Waals surface area contributed by atoms with Crippen LogP contribution in [-0.4, -0.2) is 16.5 Å². The Morgan fingerprint density at radius 1 is 1.50 bits per heavy atom. The summed E-state index contributed by atoms with van der Waals surface area (Å²) in [6, 6.07) is 3.35. The van der Waals surface area contributed by atoms with Crippen LogP contribution in [0.2, 0.25) is 0 Å². The number of aromatic nitrogens is 2. The minimum absolute atomic E-state index is 0.163. The Morgan fingerprint density at radius 3 is 3.00 bits per heavy atom. The number of rotatable bonds is 5. The molecule has 0 fully saturated rings. The second-order valence-corrected chi connectivity index (χ2v) is 4.19. The molecular weight excluding hydrogens is 230 g/mol. The van der Waals surface area contributed by atoms with Gasteiger partial charge in [-0.1, -0.05) is 6.92 Å². The van der Waals surface area contributed by atoms with Crippen LogP contribution in [-0.2, 0) is 6.54 Å². The molecule has 2 N–H and O–H groups in total. The molecule has 0 radical (unpaired) electrons. The number of nitrogens with zero attached hydrogens (tertiary/aromatic N) is 1. The Kier molecular flexibility index (Phi) is 3.94. The van der Waals surface area contributed by atoms with Crippen LogP contribution in [0.5, 0.6) is 0 Å². The first-order chi connectivity index (χ1) is 8.70. The maximum absolute atomic E-state index is 11.6. The van der Waals surface area contributed by atoms with E-state index in [4.69, 9.17) is 4.42 Å². The highest BCUT2D eigenvalue weighted by Crippen LogP contribution is 2.19. The molecule has 2 rings (SSSR count). The molecule has 0 atom stereocenters. The molecule has 2 aromatic heterocycles. The molecule has 0 saturated carbocycles. The molecule has 96 valence electrons. The van der Waals surface area contributed by atoms with E-state index in [9.17, 15) is 4.79 Å². The molecule has 0 bridgehead atoms. The molecule has 0 amide bonds. The van der Waals surface area contributed by atoms with Crippen LogP contribution in [0.15, 0.2) is 27.6 Å². The van der Waals surface area contributed by atoms with Gasteiger partial charge in [-0.05, 0) is 31.5 Å². The predicted molar refractivity (Wildman–Crippen MR) is 69.3 cm³/mol. The highest BCUT2D eigenvalue weighted by atomic mass is 16.3. The van der Waals surface area contributed by atoms with E-state index in [0.29, 0.717) is 18.1 Å². The third-order valence-corrected chi connectivity index (χ3v) is 2.60. The minimum Gasteiger partial charge on any atom is -0.461 e. The zero-order chi connectivity index (χ0) is 13.0. The number of furan rings is 1. The predicted octanol–water partition coefficient (Wildman–Crippen LogP) is 1.84. The molecule has 5 nitrogen and oxygen atoms in total. The van der Waals surface area contributed by atoms with Crippen LogP contribution in [0.3, 0.4) is 0 Å². The van der Waals surface area contributed by atoms with E-state index in [2.05, 4.69) is 22.2 Å². The fraction of sp³-hybridized carbons (Fsp3) is 0.385. The van der Waals surface area contributed by atoms with E-state index in [0.717, 1.165) is 24.2 Å². The van der Waals surface area contributed by atoms with E-state index in [1.165, 1.54) is 6.07 Å². The summed E-state index contributed by atoms with van der Waals surface area (Å²) in [5, 5.41) is 3.22.